The highest BCUT2D eigenvalue weighted by Gasteiger charge is 2.23. The van der Waals surface area contributed by atoms with Crippen molar-refractivity contribution in [2.45, 2.75) is 0 Å². The average molecular weight is 339 g/mol. The van der Waals surface area contributed by atoms with Gasteiger partial charge in [0, 0.05) is 23.5 Å². The summed E-state index contributed by atoms with van der Waals surface area (Å²) in [5.41, 5.74) is 1.37. The largest absolute Gasteiger partial charge is 0.347 e. The van der Waals surface area contributed by atoms with E-state index in [1.807, 2.05) is 41.3 Å². The summed E-state index contributed by atoms with van der Waals surface area (Å²) in [5.74, 6) is 0.841. The van der Waals surface area contributed by atoms with Crippen LogP contribution in [0.5, 0.6) is 0 Å². The molecule has 1 N–H and O–H groups in total. The Morgan fingerprint density at radius 3 is 2.42 bits per heavy atom. The number of nitrogens with one attached hydrogen (secondary N) is 1. The average Bonchev–Trinajstić information content (AvgIpc) is 3.03. The van der Waals surface area contributed by atoms with Crippen molar-refractivity contribution < 1.29 is 9.59 Å². The lowest BCUT2D eigenvalue weighted by Gasteiger charge is -2.16. The molecule has 0 unspecified atom stereocenters. The van der Waals surface area contributed by atoms with Gasteiger partial charge < -0.3 is 10.2 Å². The van der Waals surface area contributed by atoms with Crippen LogP contribution in [0.2, 0.25) is 0 Å². The summed E-state index contributed by atoms with van der Waals surface area (Å²) in [6.45, 7) is 0.940. The molecule has 1 aliphatic rings. The van der Waals surface area contributed by atoms with Crippen LogP contribution in [-0.4, -0.2) is 40.7 Å². The first-order valence-electron chi connectivity index (χ1n) is 7.63. The van der Waals surface area contributed by atoms with Crippen molar-refractivity contribution in [2.24, 2.45) is 4.99 Å². The van der Waals surface area contributed by atoms with Crippen LogP contribution in [0.25, 0.3) is 0 Å². The van der Waals surface area contributed by atoms with E-state index < -0.39 is 6.03 Å². The van der Waals surface area contributed by atoms with Crippen molar-refractivity contribution in [3.8, 4) is 0 Å². The fraction of sp³-hybridized carbons (Fsp3) is 0.167. The summed E-state index contributed by atoms with van der Waals surface area (Å²) in [4.78, 5) is 30.3. The number of thioether (sulfide) groups is 1. The van der Waals surface area contributed by atoms with E-state index in [-0.39, 0.29) is 12.3 Å². The van der Waals surface area contributed by atoms with Crippen molar-refractivity contribution in [1.82, 2.24) is 4.90 Å². The monoisotopic (exact) mass is 339 g/mol. The van der Waals surface area contributed by atoms with Crippen LogP contribution < -0.4 is 5.32 Å². The third-order valence-corrected chi connectivity index (χ3v) is 4.51. The van der Waals surface area contributed by atoms with Crippen LogP contribution in [0.1, 0.15) is 10.4 Å². The molecule has 0 radical (unpaired) electrons. The number of hydrogen-bond acceptors (Lipinski definition) is 3. The number of para-hydroxylation sites is 1. The Kier molecular flexibility index (Phi) is 5.28. The van der Waals surface area contributed by atoms with Crippen molar-refractivity contribution in [3.05, 3.63) is 66.2 Å². The van der Waals surface area contributed by atoms with E-state index in [2.05, 4.69) is 10.3 Å². The van der Waals surface area contributed by atoms with Crippen molar-refractivity contribution in [2.75, 3.05) is 24.2 Å². The zero-order valence-electron chi connectivity index (χ0n) is 13.0. The van der Waals surface area contributed by atoms with Gasteiger partial charge in [0.15, 0.2) is 11.0 Å². The molecule has 1 heterocycles. The number of carbonyl (C=O) groups is 2. The van der Waals surface area contributed by atoms with Gasteiger partial charge in [0.2, 0.25) is 0 Å². The normalized spacial score (nSPS) is 15.5. The minimum atomic E-state index is -0.428. The maximum atomic E-state index is 12.3. The lowest BCUT2D eigenvalue weighted by atomic mass is 10.1. The standard InChI is InChI=1S/C18H17N3O2S/c22-16(14-7-3-1-4-8-14)13-21-11-12-24-18(21)20-17(23)19-15-9-5-2-6-10-15/h1-10H,11-13H2,(H,19,23)/b20-18+. The van der Waals surface area contributed by atoms with Crippen LogP contribution in [0, 0.1) is 0 Å². The molecule has 1 aliphatic heterocycles. The van der Waals surface area contributed by atoms with Gasteiger partial charge in [-0.05, 0) is 12.1 Å². The lowest BCUT2D eigenvalue weighted by molar-refractivity contribution is 0.0966. The van der Waals surface area contributed by atoms with E-state index in [4.69, 9.17) is 0 Å². The van der Waals surface area contributed by atoms with Crippen molar-refractivity contribution >= 4 is 34.4 Å². The number of carbonyl (C=O) groups excluding carboxylic acids is 2. The summed E-state index contributed by atoms with van der Waals surface area (Å²) in [6, 6.07) is 17.9. The molecule has 0 bridgehead atoms. The summed E-state index contributed by atoms with van der Waals surface area (Å²) in [6.07, 6.45) is 0. The first-order chi connectivity index (χ1) is 11.7. The zero-order chi connectivity index (χ0) is 16.8. The predicted octanol–water partition coefficient (Wildman–Crippen LogP) is 3.51. The minimum absolute atomic E-state index is 0.0225. The van der Waals surface area contributed by atoms with E-state index >= 15 is 0 Å². The minimum Gasteiger partial charge on any atom is -0.342 e. The molecular weight excluding hydrogens is 322 g/mol. The molecule has 0 saturated carbocycles. The molecular formula is C18H17N3O2S. The van der Waals surface area contributed by atoms with Crippen molar-refractivity contribution in [1.29, 1.82) is 0 Å². The summed E-state index contributed by atoms with van der Waals surface area (Å²) < 4.78 is 0. The second-order valence-corrected chi connectivity index (χ2v) is 6.31. The molecule has 2 amide bonds. The van der Waals surface area contributed by atoms with Gasteiger partial charge in [-0.2, -0.15) is 4.99 Å². The van der Waals surface area contributed by atoms with Gasteiger partial charge >= 0.3 is 6.03 Å². The topological polar surface area (TPSA) is 61.8 Å². The van der Waals surface area contributed by atoms with Crippen LogP contribution in [0.4, 0.5) is 10.5 Å². The number of aliphatic imine (C=N–C) groups is 1. The lowest BCUT2D eigenvalue weighted by Crippen LogP contribution is -2.31. The van der Waals surface area contributed by atoms with Gasteiger partial charge in [-0.3, -0.25) is 4.79 Å². The SMILES string of the molecule is O=C(/N=C1/SCCN1CC(=O)c1ccccc1)Nc1ccccc1. The van der Waals surface area contributed by atoms with E-state index in [0.29, 0.717) is 23.0 Å². The number of Topliss-reactive ketones (excluding diaryl/α,β-unsaturated/α-hetero) is 1. The number of urea groups is 1. The molecule has 122 valence electrons. The molecule has 1 saturated heterocycles. The third kappa shape index (κ3) is 4.23. The zero-order valence-corrected chi connectivity index (χ0v) is 13.8. The van der Waals surface area contributed by atoms with Gasteiger partial charge in [0.25, 0.3) is 0 Å². The third-order valence-electron chi connectivity index (χ3n) is 3.52. The predicted molar refractivity (Wildman–Crippen MR) is 97.7 cm³/mol. The van der Waals surface area contributed by atoms with Gasteiger partial charge in [0.1, 0.15) is 0 Å². The first-order valence-corrected chi connectivity index (χ1v) is 8.61. The van der Waals surface area contributed by atoms with Crippen LogP contribution in [-0.2, 0) is 0 Å². The van der Waals surface area contributed by atoms with E-state index in [1.54, 1.807) is 24.3 Å². The van der Waals surface area contributed by atoms with Gasteiger partial charge in [-0.25, -0.2) is 4.79 Å². The van der Waals surface area contributed by atoms with Gasteiger partial charge in [0.05, 0.1) is 6.54 Å². The summed E-state index contributed by atoms with van der Waals surface area (Å²) in [7, 11) is 0. The summed E-state index contributed by atoms with van der Waals surface area (Å²) in [5, 5.41) is 3.31. The van der Waals surface area contributed by atoms with Crippen molar-refractivity contribution in [3.63, 3.8) is 0 Å². The smallest absolute Gasteiger partial charge is 0.342 e. The molecule has 2 aromatic rings. The molecule has 6 heteroatoms. The Hall–Kier alpha value is -2.60. The molecule has 0 aliphatic carbocycles. The van der Waals surface area contributed by atoms with Gasteiger partial charge in [-0.15, -0.1) is 0 Å². The molecule has 2 aromatic carbocycles. The van der Waals surface area contributed by atoms with Crippen LogP contribution in [0.15, 0.2) is 65.7 Å². The molecule has 0 spiro atoms. The number of rotatable bonds is 4. The first kappa shape index (κ1) is 16.3. The molecule has 0 atom stereocenters. The maximum absolute atomic E-state index is 12.3. The number of anilines is 1. The number of hydrogen-bond donors (Lipinski definition) is 1. The quantitative estimate of drug-likeness (QED) is 0.866. The highest BCUT2D eigenvalue weighted by atomic mass is 32.2. The maximum Gasteiger partial charge on any atom is 0.347 e. The Morgan fingerprint density at radius 2 is 1.71 bits per heavy atom. The second kappa shape index (κ2) is 7.79. The van der Waals surface area contributed by atoms with E-state index in [9.17, 15) is 9.59 Å². The van der Waals surface area contributed by atoms with E-state index in [0.717, 1.165) is 5.75 Å². The van der Waals surface area contributed by atoms with E-state index in [1.165, 1.54) is 11.8 Å². The number of amidine groups is 1. The molecule has 1 fully saturated rings. The Balaban J connectivity index is 1.64. The fourth-order valence-electron chi connectivity index (χ4n) is 2.33. The summed E-state index contributed by atoms with van der Waals surface area (Å²) >= 11 is 1.49. The Bertz CT molecular complexity index is 747. The molecule has 5 nitrogen and oxygen atoms in total. The second-order valence-electron chi connectivity index (χ2n) is 5.25. The van der Waals surface area contributed by atoms with Gasteiger partial charge in [-0.1, -0.05) is 60.3 Å². The molecule has 3 rings (SSSR count). The van der Waals surface area contributed by atoms with Crippen LogP contribution >= 0.6 is 11.8 Å². The molecule has 0 aromatic heterocycles. The number of ketones is 1. The Morgan fingerprint density at radius 1 is 1.04 bits per heavy atom. The Labute approximate surface area is 144 Å². The molecule has 24 heavy (non-hydrogen) atoms. The van der Waals surface area contributed by atoms with Crippen LogP contribution in [0.3, 0.4) is 0 Å². The number of benzene rings is 2. The highest BCUT2D eigenvalue weighted by molar-refractivity contribution is 8.14. The fourth-order valence-corrected chi connectivity index (χ4v) is 3.31. The highest BCUT2D eigenvalue weighted by Crippen LogP contribution is 2.19. The number of nitrogens with zero attached hydrogens (tertiary/aromatic N) is 2. The number of amides is 2.